The molecule has 2 amide bonds. The van der Waals surface area contributed by atoms with Gasteiger partial charge in [0.2, 0.25) is 23.0 Å². The Kier molecular flexibility index (Phi) is 10.7. The first-order valence-corrected chi connectivity index (χ1v) is 14.1. The molecule has 12 heteroatoms. The highest BCUT2D eigenvalue weighted by atomic mass is 32.2. The Morgan fingerprint density at radius 2 is 1.82 bits per heavy atom. The summed E-state index contributed by atoms with van der Waals surface area (Å²) in [4.78, 5) is 49.4. The normalized spacial score (nSPS) is 14.5. The molecule has 1 aliphatic rings. The van der Waals surface area contributed by atoms with Gasteiger partial charge in [0, 0.05) is 12.5 Å². The number of fused-ring (bicyclic) bond motifs is 3. The lowest BCUT2D eigenvalue weighted by atomic mass is 9.95. The van der Waals surface area contributed by atoms with Crippen LogP contribution in [0.25, 0.3) is 11.1 Å². The summed E-state index contributed by atoms with van der Waals surface area (Å²) in [7, 11) is 4.56. The maximum atomic E-state index is 13.3. The first-order valence-electron chi connectivity index (χ1n) is 12.7. The van der Waals surface area contributed by atoms with E-state index in [1.807, 2.05) is 12.3 Å². The second-order valence-electron chi connectivity index (χ2n) is 9.19. The third-order valence-corrected chi connectivity index (χ3v) is 7.24. The molecule has 0 bridgehead atoms. The van der Waals surface area contributed by atoms with Gasteiger partial charge in [-0.25, -0.2) is 4.79 Å². The van der Waals surface area contributed by atoms with E-state index in [2.05, 4.69) is 16.0 Å². The fraction of sp³-hybridized carbons (Fsp3) is 0.429. The SMILES string of the molecule is COc1cc2c(c(OC)c1OC)-c1ccc(NCC(=O)N[C@H](CCSC)C(=O)O)c(=O)cc1[C@H](NC(C)=O)CC2. The van der Waals surface area contributed by atoms with E-state index in [4.69, 9.17) is 14.2 Å². The molecule has 0 saturated carbocycles. The fourth-order valence-electron chi connectivity index (χ4n) is 4.77. The van der Waals surface area contributed by atoms with Crippen LogP contribution < -0.4 is 35.6 Å². The van der Waals surface area contributed by atoms with Crippen LogP contribution in [-0.2, 0) is 20.8 Å². The Morgan fingerprint density at radius 3 is 2.42 bits per heavy atom. The summed E-state index contributed by atoms with van der Waals surface area (Å²) >= 11 is 1.48. The number of amides is 2. The molecule has 0 fully saturated rings. The maximum Gasteiger partial charge on any atom is 0.326 e. The van der Waals surface area contributed by atoms with Crippen LogP contribution in [0.3, 0.4) is 0 Å². The number of anilines is 1. The van der Waals surface area contributed by atoms with Crippen LogP contribution >= 0.6 is 11.8 Å². The standard InChI is InChI=1S/C28H35N3O8S/c1-15(32)30-19-8-6-16-12-23(37-2)26(38-3)27(39-4)25(16)17-7-9-20(22(33)13-18(17)19)29-14-24(34)31-21(28(35)36)10-11-40-5/h7,9,12-13,19,21H,6,8,10-11,14H2,1-5H3,(H,29,33)(H,30,32)(H,31,34)(H,35,36)/t19-,21-/m1/s1. The highest BCUT2D eigenvalue weighted by Gasteiger charge is 2.29. The number of hydrogen-bond donors (Lipinski definition) is 4. The number of methoxy groups -OCH3 is 3. The minimum Gasteiger partial charge on any atom is -0.493 e. The Balaban J connectivity index is 2.06. The van der Waals surface area contributed by atoms with Gasteiger partial charge in [0.05, 0.1) is 39.6 Å². The zero-order valence-electron chi connectivity index (χ0n) is 23.2. The van der Waals surface area contributed by atoms with Crippen LogP contribution in [0.2, 0.25) is 0 Å². The maximum absolute atomic E-state index is 13.3. The number of aliphatic carboxylic acids is 1. The van der Waals surface area contributed by atoms with Crippen molar-refractivity contribution in [3.63, 3.8) is 0 Å². The lowest BCUT2D eigenvalue weighted by Crippen LogP contribution is -2.43. The zero-order chi connectivity index (χ0) is 29.4. The van der Waals surface area contributed by atoms with Gasteiger partial charge in [-0.3, -0.25) is 14.4 Å². The largest absolute Gasteiger partial charge is 0.493 e. The van der Waals surface area contributed by atoms with Gasteiger partial charge in [0.1, 0.15) is 6.04 Å². The molecule has 0 radical (unpaired) electrons. The van der Waals surface area contributed by atoms with Crippen LogP contribution in [0.15, 0.2) is 29.1 Å². The van der Waals surface area contributed by atoms with Gasteiger partial charge in [-0.05, 0) is 66.2 Å². The molecule has 40 heavy (non-hydrogen) atoms. The number of benzene rings is 1. The van der Waals surface area contributed by atoms with E-state index in [0.717, 1.165) is 5.56 Å². The topological polar surface area (TPSA) is 152 Å². The molecule has 216 valence electrons. The molecule has 0 unspecified atom stereocenters. The molecule has 2 atom stereocenters. The number of carboxylic acid groups (broad SMARTS) is 1. The van der Waals surface area contributed by atoms with E-state index in [-0.39, 0.29) is 24.6 Å². The number of ether oxygens (including phenoxy) is 3. The Bertz CT molecular complexity index is 1330. The lowest BCUT2D eigenvalue weighted by Gasteiger charge is -2.19. The van der Waals surface area contributed by atoms with Crippen molar-refractivity contribution in [1.82, 2.24) is 10.6 Å². The van der Waals surface area contributed by atoms with E-state index in [9.17, 15) is 24.3 Å². The Morgan fingerprint density at radius 1 is 1.10 bits per heavy atom. The minimum atomic E-state index is -1.12. The summed E-state index contributed by atoms with van der Waals surface area (Å²) in [5.74, 6) is -0.0241. The van der Waals surface area contributed by atoms with Crippen molar-refractivity contribution in [1.29, 1.82) is 0 Å². The highest BCUT2D eigenvalue weighted by Crippen LogP contribution is 2.50. The van der Waals surface area contributed by atoms with Crippen LogP contribution in [0.4, 0.5) is 5.69 Å². The number of rotatable bonds is 12. The molecule has 2 aromatic rings. The second kappa shape index (κ2) is 13.9. The van der Waals surface area contributed by atoms with Crippen molar-refractivity contribution >= 4 is 35.2 Å². The predicted molar refractivity (Wildman–Crippen MR) is 154 cm³/mol. The van der Waals surface area contributed by atoms with Crippen LogP contribution in [0, 0.1) is 0 Å². The summed E-state index contributed by atoms with van der Waals surface area (Å²) in [5, 5.41) is 17.6. The van der Waals surface area contributed by atoms with E-state index in [0.29, 0.717) is 52.5 Å². The first kappa shape index (κ1) is 30.6. The molecule has 0 aromatic heterocycles. The molecule has 0 aliphatic heterocycles. The molecule has 11 nitrogen and oxygen atoms in total. The predicted octanol–water partition coefficient (Wildman–Crippen LogP) is 2.60. The summed E-state index contributed by atoms with van der Waals surface area (Å²) in [6, 6.07) is 5.12. The average Bonchev–Trinajstić information content (AvgIpc) is 3.16. The van der Waals surface area contributed by atoms with E-state index in [1.54, 1.807) is 12.1 Å². The summed E-state index contributed by atoms with van der Waals surface area (Å²) < 4.78 is 16.9. The molecular formula is C28H35N3O8S. The third-order valence-electron chi connectivity index (χ3n) is 6.60. The minimum absolute atomic E-state index is 0.141. The monoisotopic (exact) mass is 573 g/mol. The number of carbonyl (C=O) groups is 3. The molecular weight excluding hydrogens is 538 g/mol. The van der Waals surface area contributed by atoms with Crippen molar-refractivity contribution < 1.29 is 33.7 Å². The molecule has 3 rings (SSSR count). The van der Waals surface area contributed by atoms with Crippen LogP contribution in [0.5, 0.6) is 17.2 Å². The summed E-state index contributed by atoms with van der Waals surface area (Å²) in [6.45, 7) is 1.12. The smallest absolute Gasteiger partial charge is 0.326 e. The summed E-state index contributed by atoms with van der Waals surface area (Å²) in [6.07, 6.45) is 3.21. The number of thioether (sulfide) groups is 1. The van der Waals surface area contributed by atoms with E-state index < -0.39 is 29.4 Å². The van der Waals surface area contributed by atoms with Gasteiger partial charge in [-0.1, -0.05) is 6.07 Å². The van der Waals surface area contributed by atoms with Crippen molar-refractivity contribution in [2.24, 2.45) is 0 Å². The van der Waals surface area contributed by atoms with Gasteiger partial charge in [0.25, 0.3) is 0 Å². The van der Waals surface area contributed by atoms with E-state index in [1.165, 1.54) is 46.1 Å². The average molecular weight is 574 g/mol. The second-order valence-corrected chi connectivity index (χ2v) is 10.2. The third kappa shape index (κ3) is 6.98. The van der Waals surface area contributed by atoms with Crippen LogP contribution in [-0.4, -0.2) is 68.8 Å². The van der Waals surface area contributed by atoms with Gasteiger partial charge < -0.3 is 35.3 Å². The van der Waals surface area contributed by atoms with Crippen molar-refractivity contribution in [2.45, 2.75) is 38.3 Å². The Labute approximate surface area is 237 Å². The van der Waals surface area contributed by atoms with Gasteiger partial charge >= 0.3 is 5.97 Å². The Hall–Kier alpha value is -3.93. The first-order chi connectivity index (χ1) is 19.1. The van der Waals surface area contributed by atoms with Crippen molar-refractivity contribution in [3.8, 4) is 28.4 Å². The molecule has 0 saturated heterocycles. The number of carbonyl (C=O) groups excluding carboxylic acids is 2. The zero-order valence-corrected chi connectivity index (χ0v) is 24.0. The van der Waals surface area contributed by atoms with E-state index >= 15 is 0 Å². The van der Waals surface area contributed by atoms with Gasteiger partial charge in [-0.2, -0.15) is 11.8 Å². The quantitative estimate of drug-likeness (QED) is 0.298. The molecule has 2 aromatic carbocycles. The highest BCUT2D eigenvalue weighted by molar-refractivity contribution is 7.98. The number of carboxylic acids is 1. The lowest BCUT2D eigenvalue weighted by molar-refractivity contribution is -0.141. The molecule has 1 aliphatic carbocycles. The number of hydrogen-bond acceptors (Lipinski definition) is 9. The van der Waals surface area contributed by atoms with Crippen molar-refractivity contribution in [2.75, 3.05) is 45.2 Å². The number of aryl methyl sites for hydroxylation is 1. The van der Waals surface area contributed by atoms with Gasteiger partial charge in [-0.15, -0.1) is 0 Å². The molecule has 0 heterocycles. The fourth-order valence-corrected chi connectivity index (χ4v) is 5.24. The molecule has 0 spiro atoms. The van der Waals surface area contributed by atoms with Crippen LogP contribution in [0.1, 0.15) is 36.9 Å². The molecule has 4 N–H and O–H groups in total. The number of nitrogens with one attached hydrogen (secondary N) is 3. The van der Waals surface area contributed by atoms with Crippen molar-refractivity contribution in [3.05, 3.63) is 45.6 Å². The summed E-state index contributed by atoms with van der Waals surface area (Å²) in [5.41, 5.74) is 2.58. The van der Waals surface area contributed by atoms with Gasteiger partial charge in [0.15, 0.2) is 11.5 Å².